The molecule has 0 heterocycles. The molecule has 4 atom stereocenters. The molecule has 1 fully saturated rings. The molecule has 3 aliphatic carbocycles. The lowest BCUT2D eigenvalue weighted by molar-refractivity contribution is -0.153. The fourth-order valence-electron chi connectivity index (χ4n) is 5.18. The second-order valence-electron chi connectivity index (χ2n) is 8.27. The number of amides is 1. The predicted molar refractivity (Wildman–Crippen MR) is 104 cm³/mol. The highest BCUT2D eigenvalue weighted by Crippen LogP contribution is 2.52. The summed E-state index contributed by atoms with van der Waals surface area (Å²) in [5.74, 6) is -6.43. The summed E-state index contributed by atoms with van der Waals surface area (Å²) in [6.07, 6.45) is 0.379. The molecule has 1 aromatic carbocycles. The van der Waals surface area contributed by atoms with Crippen molar-refractivity contribution in [2.24, 2.45) is 17.6 Å². The standard InChI is InChI=1S/C21H22N2O7/c1-23(2)15-10-7-9-6-8-4-3-5-11(24)12(8)16(25)13(9)18(27)21(10,30)19(28)14(17(15)26)20(22)29/h3-5,9-10,15,24-25,28,30H,6-7H2,1-2H3,(H2,22,29)/t9-,10-,15+,21-/m1/s1. The molecule has 0 spiro atoms. The topological polar surface area (TPSA) is 161 Å². The largest absolute Gasteiger partial charge is 0.508 e. The molecule has 1 amide bonds. The molecule has 0 radical (unpaired) electrons. The highest BCUT2D eigenvalue weighted by atomic mass is 16.3. The first-order chi connectivity index (χ1) is 14.0. The van der Waals surface area contributed by atoms with Crippen LogP contribution in [0, 0.1) is 11.8 Å². The van der Waals surface area contributed by atoms with E-state index in [1.165, 1.54) is 11.0 Å². The number of hydrogen-bond acceptors (Lipinski definition) is 8. The number of primary amides is 1. The number of benzene rings is 1. The van der Waals surface area contributed by atoms with Gasteiger partial charge in [0.1, 0.15) is 22.8 Å². The molecule has 6 N–H and O–H groups in total. The Hall–Kier alpha value is -3.17. The van der Waals surface area contributed by atoms with Crippen molar-refractivity contribution in [2.75, 3.05) is 14.1 Å². The van der Waals surface area contributed by atoms with E-state index in [1.54, 1.807) is 26.2 Å². The smallest absolute Gasteiger partial charge is 0.255 e. The van der Waals surface area contributed by atoms with Crippen LogP contribution in [0.3, 0.4) is 0 Å². The van der Waals surface area contributed by atoms with E-state index in [-0.39, 0.29) is 23.3 Å². The number of aliphatic hydroxyl groups excluding tert-OH is 2. The van der Waals surface area contributed by atoms with Crippen LogP contribution in [0.2, 0.25) is 0 Å². The van der Waals surface area contributed by atoms with E-state index in [1.807, 2.05) is 0 Å². The van der Waals surface area contributed by atoms with E-state index in [9.17, 15) is 34.8 Å². The van der Waals surface area contributed by atoms with Crippen LogP contribution < -0.4 is 5.73 Å². The lowest BCUT2D eigenvalue weighted by Crippen LogP contribution is -2.65. The van der Waals surface area contributed by atoms with E-state index in [4.69, 9.17) is 5.73 Å². The molecule has 1 aromatic rings. The Morgan fingerprint density at radius 2 is 1.87 bits per heavy atom. The molecule has 9 heteroatoms. The first-order valence-corrected chi connectivity index (χ1v) is 9.47. The Balaban J connectivity index is 1.98. The fourth-order valence-corrected chi connectivity index (χ4v) is 5.18. The highest BCUT2D eigenvalue weighted by molar-refractivity contribution is 6.24. The molecule has 0 bridgehead atoms. The van der Waals surface area contributed by atoms with Gasteiger partial charge < -0.3 is 26.2 Å². The van der Waals surface area contributed by atoms with Gasteiger partial charge in [-0.15, -0.1) is 0 Å². The van der Waals surface area contributed by atoms with Gasteiger partial charge in [-0.05, 0) is 44.5 Å². The predicted octanol–water partition coefficient (Wildman–Crippen LogP) is -0.0360. The van der Waals surface area contributed by atoms with Crippen LogP contribution in [0.1, 0.15) is 17.5 Å². The molecule has 1 saturated carbocycles. The lowest BCUT2D eigenvalue weighted by atomic mass is 9.57. The SMILES string of the molecule is CN(C)[C@@H]1C(=O)C(C(N)=O)=C(O)[C@]2(O)C(=O)C3=C(O)c4c(O)cccc4C[C@@H]3C[C@H]12. The number of nitrogens with two attached hydrogens (primary N) is 1. The van der Waals surface area contributed by atoms with Crippen LogP contribution >= 0.6 is 0 Å². The van der Waals surface area contributed by atoms with Crippen molar-refractivity contribution < 1.29 is 34.8 Å². The molecule has 0 unspecified atom stereocenters. The number of hydrogen-bond donors (Lipinski definition) is 5. The van der Waals surface area contributed by atoms with Crippen molar-refractivity contribution in [3.63, 3.8) is 0 Å². The molecule has 9 nitrogen and oxygen atoms in total. The summed E-state index contributed by atoms with van der Waals surface area (Å²) in [4.78, 5) is 39.7. The van der Waals surface area contributed by atoms with Gasteiger partial charge in [0.05, 0.1) is 11.6 Å². The van der Waals surface area contributed by atoms with E-state index < -0.39 is 58.0 Å². The maximum atomic E-state index is 13.5. The van der Waals surface area contributed by atoms with Gasteiger partial charge in [-0.3, -0.25) is 19.3 Å². The Kier molecular flexibility index (Phi) is 4.30. The van der Waals surface area contributed by atoms with Crippen molar-refractivity contribution >= 4 is 23.2 Å². The Morgan fingerprint density at radius 1 is 1.20 bits per heavy atom. The minimum atomic E-state index is -2.60. The van der Waals surface area contributed by atoms with Gasteiger partial charge in [0, 0.05) is 11.5 Å². The van der Waals surface area contributed by atoms with Crippen molar-refractivity contribution in [2.45, 2.75) is 24.5 Å². The van der Waals surface area contributed by atoms with Gasteiger partial charge in [-0.2, -0.15) is 0 Å². The second kappa shape index (κ2) is 6.41. The third-order valence-corrected chi connectivity index (χ3v) is 6.46. The van der Waals surface area contributed by atoms with Gasteiger partial charge in [-0.1, -0.05) is 12.1 Å². The van der Waals surface area contributed by atoms with Crippen LogP contribution in [0.25, 0.3) is 5.76 Å². The molecule has 3 aliphatic rings. The molecule has 158 valence electrons. The minimum absolute atomic E-state index is 0.0847. The van der Waals surface area contributed by atoms with Crippen LogP contribution in [0.4, 0.5) is 0 Å². The number of nitrogens with zero attached hydrogens (tertiary/aromatic N) is 1. The van der Waals surface area contributed by atoms with E-state index in [0.717, 1.165) is 0 Å². The normalized spacial score (nSPS) is 30.9. The van der Waals surface area contributed by atoms with Gasteiger partial charge >= 0.3 is 0 Å². The molecule has 4 rings (SSSR count). The van der Waals surface area contributed by atoms with Crippen LogP contribution in [0.15, 0.2) is 35.1 Å². The maximum absolute atomic E-state index is 13.5. The average Bonchev–Trinajstić information content (AvgIpc) is 2.64. The number of phenols is 1. The number of Topliss-reactive ketones (excluding diaryl/α,β-unsaturated/α-hetero) is 2. The number of aromatic hydroxyl groups is 1. The molecular weight excluding hydrogens is 392 g/mol. The summed E-state index contributed by atoms with van der Waals surface area (Å²) in [6, 6.07) is 3.62. The third kappa shape index (κ3) is 2.39. The summed E-state index contributed by atoms with van der Waals surface area (Å²) in [5, 5.41) is 43.1. The number of ketones is 2. The van der Waals surface area contributed by atoms with Crippen molar-refractivity contribution in [3.8, 4) is 5.75 Å². The Labute approximate surface area is 171 Å². The van der Waals surface area contributed by atoms with Crippen molar-refractivity contribution in [1.29, 1.82) is 0 Å². The van der Waals surface area contributed by atoms with Crippen LogP contribution in [-0.2, 0) is 20.8 Å². The molecule has 0 saturated heterocycles. The summed E-state index contributed by atoms with van der Waals surface area (Å²) in [7, 11) is 3.12. The highest BCUT2D eigenvalue weighted by Gasteiger charge is 2.64. The first-order valence-electron chi connectivity index (χ1n) is 9.47. The zero-order valence-corrected chi connectivity index (χ0v) is 16.4. The van der Waals surface area contributed by atoms with Crippen molar-refractivity contribution in [1.82, 2.24) is 4.90 Å². The van der Waals surface area contributed by atoms with Crippen LogP contribution in [-0.4, -0.2) is 68.5 Å². The molecule has 0 aliphatic heterocycles. The monoisotopic (exact) mass is 414 g/mol. The number of aliphatic hydroxyl groups is 3. The summed E-state index contributed by atoms with van der Waals surface area (Å²) < 4.78 is 0. The van der Waals surface area contributed by atoms with E-state index >= 15 is 0 Å². The van der Waals surface area contributed by atoms with E-state index in [2.05, 4.69) is 0 Å². The number of rotatable bonds is 2. The average molecular weight is 414 g/mol. The summed E-state index contributed by atoms with van der Waals surface area (Å²) >= 11 is 0. The fraction of sp³-hybridized carbons (Fsp3) is 0.381. The zero-order chi connectivity index (χ0) is 22.1. The number of fused-ring (bicyclic) bond motifs is 3. The quantitative estimate of drug-likeness (QED) is 0.421. The minimum Gasteiger partial charge on any atom is -0.508 e. The number of carbonyl (C=O) groups is 3. The first kappa shape index (κ1) is 20.1. The zero-order valence-electron chi connectivity index (χ0n) is 16.4. The second-order valence-corrected chi connectivity index (χ2v) is 8.27. The van der Waals surface area contributed by atoms with Gasteiger partial charge in [0.15, 0.2) is 11.4 Å². The maximum Gasteiger partial charge on any atom is 0.255 e. The number of phenolic OH excluding ortho intramolecular Hbond substituents is 1. The number of carbonyl (C=O) groups excluding carboxylic acids is 3. The molecular formula is C21H22N2O7. The molecule has 30 heavy (non-hydrogen) atoms. The van der Waals surface area contributed by atoms with Gasteiger partial charge in [-0.25, -0.2) is 0 Å². The summed E-state index contributed by atoms with van der Waals surface area (Å²) in [6.45, 7) is 0. The Bertz CT molecular complexity index is 1070. The van der Waals surface area contributed by atoms with Gasteiger partial charge in [0.25, 0.3) is 5.91 Å². The number of likely N-dealkylation sites (N-methyl/N-ethyl adjacent to an activating group) is 1. The Morgan fingerprint density at radius 3 is 2.47 bits per heavy atom. The third-order valence-electron chi connectivity index (χ3n) is 6.46. The van der Waals surface area contributed by atoms with Gasteiger partial charge in [0.2, 0.25) is 5.78 Å². The molecule has 0 aromatic heterocycles. The lowest BCUT2D eigenvalue weighted by Gasteiger charge is -2.50. The summed E-state index contributed by atoms with van der Waals surface area (Å²) in [5.41, 5.74) is 2.41. The van der Waals surface area contributed by atoms with E-state index in [0.29, 0.717) is 12.0 Å². The van der Waals surface area contributed by atoms with Crippen LogP contribution in [0.5, 0.6) is 5.75 Å². The van der Waals surface area contributed by atoms with Crippen molar-refractivity contribution in [3.05, 3.63) is 46.2 Å².